The Bertz CT molecular complexity index is 336. The van der Waals surface area contributed by atoms with Crippen LogP contribution < -0.4 is 9.47 Å². The Morgan fingerprint density at radius 2 is 0.882 bits per heavy atom. The second kappa shape index (κ2) is 9.73. The van der Waals surface area contributed by atoms with Crippen molar-refractivity contribution in [2.45, 2.75) is 0 Å². The molecule has 2 nitrogen and oxygen atoms in total. The average Bonchev–Trinajstić information content (AvgIpc) is 2.41. The third-order valence-electron chi connectivity index (χ3n) is 1.96. The molecule has 0 heterocycles. The molecule has 0 saturated heterocycles. The molecule has 0 N–H and O–H groups in total. The number of methoxy groups -OCH3 is 2. The lowest BCUT2D eigenvalue weighted by Crippen LogP contribution is -1.78. The van der Waals surface area contributed by atoms with Gasteiger partial charge in [0.25, 0.3) is 0 Å². The van der Waals surface area contributed by atoms with Gasteiger partial charge in [-0.05, 0) is 24.3 Å². The molecule has 0 radical (unpaired) electrons. The lowest BCUT2D eigenvalue weighted by molar-refractivity contribution is 0.414. The first kappa shape index (κ1) is 15.5. The highest BCUT2D eigenvalue weighted by molar-refractivity contribution is 8.93. The number of halogens is 1. The SMILES string of the molecule is Br.COc1ccccc1.COc1ccccc1. The van der Waals surface area contributed by atoms with Gasteiger partial charge >= 0.3 is 0 Å². The van der Waals surface area contributed by atoms with Gasteiger partial charge in [0.1, 0.15) is 11.5 Å². The van der Waals surface area contributed by atoms with E-state index >= 15 is 0 Å². The molecule has 0 amide bonds. The molecule has 0 aromatic heterocycles. The van der Waals surface area contributed by atoms with Gasteiger partial charge in [0.05, 0.1) is 14.2 Å². The smallest absolute Gasteiger partial charge is 0.118 e. The highest BCUT2D eigenvalue weighted by Crippen LogP contribution is 2.06. The number of para-hydroxylation sites is 2. The Hall–Kier alpha value is -1.48. The molecule has 0 unspecified atom stereocenters. The van der Waals surface area contributed by atoms with E-state index in [2.05, 4.69) is 0 Å². The molecule has 3 heteroatoms. The maximum atomic E-state index is 4.91. The number of rotatable bonds is 2. The zero-order valence-corrected chi connectivity index (χ0v) is 11.7. The van der Waals surface area contributed by atoms with Crippen LogP contribution in [0.15, 0.2) is 60.7 Å². The lowest BCUT2D eigenvalue weighted by Gasteiger charge is -1.93. The van der Waals surface area contributed by atoms with E-state index in [-0.39, 0.29) is 17.0 Å². The van der Waals surface area contributed by atoms with Gasteiger partial charge < -0.3 is 9.47 Å². The summed E-state index contributed by atoms with van der Waals surface area (Å²) in [6.45, 7) is 0. The van der Waals surface area contributed by atoms with Crippen LogP contribution in [-0.4, -0.2) is 14.2 Å². The van der Waals surface area contributed by atoms with Gasteiger partial charge in [0.15, 0.2) is 0 Å². The number of hydrogen-bond donors (Lipinski definition) is 0. The largest absolute Gasteiger partial charge is 0.497 e. The maximum Gasteiger partial charge on any atom is 0.118 e. The van der Waals surface area contributed by atoms with Gasteiger partial charge in [0.2, 0.25) is 0 Å². The quantitative estimate of drug-likeness (QED) is 0.835. The zero-order valence-electron chi connectivity index (χ0n) is 10.00. The fourth-order valence-corrected chi connectivity index (χ4v) is 1.11. The first-order valence-corrected chi connectivity index (χ1v) is 5.05. The van der Waals surface area contributed by atoms with Crippen LogP contribution in [0.3, 0.4) is 0 Å². The van der Waals surface area contributed by atoms with Gasteiger partial charge in [-0.1, -0.05) is 36.4 Å². The van der Waals surface area contributed by atoms with E-state index < -0.39 is 0 Å². The van der Waals surface area contributed by atoms with Crippen molar-refractivity contribution in [3.8, 4) is 11.5 Å². The second-order valence-corrected chi connectivity index (χ2v) is 3.03. The summed E-state index contributed by atoms with van der Waals surface area (Å²) in [5, 5.41) is 0. The Morgan fingerprint density at radius 1 is 0.588 bits per heavy atom. The minimum atomic E-state index is 0. The van der Waals surface area contributed by atoms with E-state index in [9.17, 15) is 0 Å². The number of benzene rings is 2. The van der Waals surface area contributed by atoms with Gasteiger partial charge in [-0.3, -0.25) is 0 Å². The van der Waals surface area contributed by atoms with Crippen molar-refractivity contribution in [1.82, 2.24) is 0 Å². The van der Waals surface area contributed by atoms with E-state index in [0.29, 0.717) is 0 Å². The van der Waals surface area contributed by atoms with Crippen molar-refractivity contribution in [3.63, 3.8) is 0 Å². The summed E-state index contributed by atoms with van der Waals surface area (Å²) in [6, 6.07) is 19.4. The van der Waals surface area contributed by atoms with Crippen LogP contribution in [0.2, 0.25) is 0 Å². The summed E-state index contributed by atoms with van der Waals surface area (Å²) in [7, 11) is 3.32. The van der Waals surface area contributed by atoms with Crippen molar-refractivity contribution in [2.24, 2.45) is 0 Å². The van der Waals surface area contributed by atoms with Crippen LogP contribution >= 0.6 is 17.0 Å². The highest BCUT2D eigenvalue weighted by Gasteiger charge is 1.80. The predicted molar refractivity (Wildman–Crippen MR) is 76.3 cm³/mol. The van der Waals surface area contributed by atoms with Crippen LogP contribution in [0.4, 0.5) is 0 Å². The third-order valence-corrected chi connectivity index (χ3v) is 1.96. The molecular weight excluding hydrogens is 280 g/mol. The van der Waals surface area contributed by atoms with Gasteiger partial charge in [0, 0.05) is 0 Å². The van der Waals surface area contributed by atoms with E-state index in [1.165, 1.54) is 0 Å². The molecule has 0 atom stereocenters. The van der Waals surface area contributed by atoms with Crippen LogP contribution in [0.1, 0.15) is 0 Å². The third kappa shape index (κ3) is 6.64. The minimum Gasteiger partial charge on any atom is -0.497 e. The Labute approximate surface area is 113 Å². The summed E-state index contributed by atoms with van der Waals surface area (Å²) < 4.78 is 9.83. The molecule has 0 spiro atoms. The fraction of sp³-hybridized carbons (Fsp3) is 0.143. The number of ether oxygens (including phenoxy) is 2. The maximum absolute atomic E-state index is 4.91. The highest BCUT2D eigenvalue weighted by atomic mass is 79.9. The van der Waals surface area contributed by atoms with Crippen molar-refractivity contribution in [3.05, 3.63) is 60.7 Å². The predicted octanol–water partition coefficient (Wildman–Crippen LogP) is 3.97. The molecule has 0 aliphatic carbocycles. The Balaban J connectivity index is 0.000000284. The molecule has 0 aliphatic heterocycles. The summed E-state index contributed by atoms with van der Waals surface area (Å²) in [5.41, 5.74) is 0. The molecule has 2 rings (SSSR count). The van der Waals surface area contributed by atoms with Crippen LogP contribution in [0, 0.1) is 0 Å². The van der Waals surface area contributed by atoms with Crippen molar-refractivity contribution < 1.29 is 9.47 Å². The molecule has 0 fully saturated rings. The van der Waals surface area contributed by atoms with E-state index in [1.807, 2.05) is 60.7 Å². The normalized spacial score (nSPS) is 8.12. The number of hydrogen-bond acceptors (Lipinski definition) is 2. The summed E-state index contributed by atoms with van der Waals surface area (Å²) >= 11 is 0. The molecule has 0 saturated carbocycles. The Morgan fingerprint density at radius 3 is 1.06 bits per heavy atom. The molecule has 0 aliphatic rings. The standard InChI is InChI=1S/2C7H8O.BrH/c2*1-8-7-5-3-2-4-6-7;/h2*2-6H,1H3;1H. The average molecular weight is 297 g/mol. The van der Waals surface area contributed by atoms with E-state index in [0.717, 1.165) is 11.5 Å². The van der Waals surface area contributed by atoms with Crippen LogP contribution in [0.25, 0.3) is 0 Å². The fourth-order valence-electron chi connectivity index (χ4n) is 1.11. The summed E-state index contributed by atoms with van der Waals surface area (Å²) in [5.74, 6) is 1.82. The molecule has 92 valence electrons. The van der Waals surface area contributed by atoms with Gasteiger partial charge in [-0.25, -0.2) is 0 Å². The van der Waals surface area contributed by atoms with Crippen molar-refractivity contribution in [2.75, 3.05) is 14.2 Å². The van der Waals surface area contributed by atoms with Crippen molar-refractivity contribution in [1.29, 1.82) is 0 Å². The zero-order chi connectivity index (χ0) is 11.6. The monoisotopic (exact) mass is 296 g/mol. The van der Waals surface area contributed by atoms with Gasteiger partial charge in [-0.15, -0.1) is 17.0 Å². The first-order valence-electron chi connectivity index (χ1n) is 5.05. The second-order valence-electron chi connectivity index (χ2n) is 3.03. The Kier molecular flexibility index (Phi) is 8.88. The van der Waals surface area contributed by atoms with E-state index in [1.54, 1.807) is 14.2 Å². The molecule has 2 aromatic rings. The lowest BCUT2D eigenvalue weighted by atomic mass is 10.3. The van der Waals surface area contributed by atoms with Crippen LogP contribution in [0.5, 0.6) is 11.5 Å². The van der Waals surface area contributed by atoms with Crippen LogP contribution in [-0.2, 0) is 0 Å². The minimum absolute atomic E-state index is 0. The molecule has 17 heavy (non-hydrogen) atoms. The van der Waals surface area contributed by atoms with Crippen molar-refractivity contribution >= 4 is 17.0 Å². The molecule has 0 bridgehead atoms. The summed E-state index contributed by atoms with van der Waals surface area (Å²) in [6.07, 6.45) is 0. The molecule has 2 aromatic carbocycles. The summed E-state index contributed by atoms with van der Waals surface area (Å²) in [4.78, 5) is 0. The molecular formula is C14H17BrO2. The topological polar surface area (TPSA) is 18.5 Å². The van der Waals surface area contributed by atoms with E-state index in [4.69, 9.17) is 9.47 Å². The van der Waals surface area contributed by atoms with Gasteiger partial charge in [-0.2, -0.15) is 0 Å². The first-order chi connectivity index (χ1) is 7.86.